The predicted octanol–water partition coefficient (Wildman–Crippen LogP) is 3.95. The molecule has 4 rings (SSSR count). The number of rotatable bonds is 5. The minimum absolute atomic E-state index is 0.109. The second-order valence-corrected chi connectivity index (χ2v) is 6.73. The Labute approximate surface area is 159 Å². The van der Waals surface area contributed by atoms with Crippen molar-refractivity contribution in [2.45, 2.75) is 12.5 Å². The predicted molar refractivity (Wildman–Crippen MR) is 108 cm³/mol. The third kappa shape index (κ3) is 3.88. The van der Waals surface area contributed by atoms with Crippen LogP contribution in [0.3, 0.4) is 0 Å². The van der Waals surface area contributed by atoms with Crippen molar-refractivity contribution < 1.29 is 9.53 Å². The average molecular weight is 361 g/mol. The van der Waals surface area contributed by atoms with Crippen LogP contribution in [-0.4, -0.2) is 36.8 Å². The number of amides is 1. The quantitative estimate of drug-likeness (QED) is 0.748. The van der Waals surface area contributed by atoms with Crippen LogP contribution in [-0.2, 0) is 4.74 Å². The number of nitrogens with zero attached hydrogens (tertiary/aromatic N) is 2. The van der Waals surface area contributed by atoms with E-state index >= 15 is 0 Å². The van der Waals surface area contributed by atoms with Crippen LogP contribution in [0.5, 0.6) is 0 Å². The number of ether oxygens (including phenoxy) is 1. The molecule has 3 aromatic rings. The number of anilines is 2. The average Bonchev–Trinajstić information content (AvgIpc) is 3.41. The molecule has 0 radical (unpaired) electrons. The lowest BCUT2D eigenvalue weighted by atomic mass is 10.2. The summed E-state index contributed by atoms with van der Waals surface area (Å²) < 4.78 is 7.43. The van der Waals surface area contributed by atoms with E-state index in [1.54, 1.807) is 7.11 Å². The molecule has 0 aliphatic carbocycles. The number of aromatic nitrogens is 1. The van der Waals surface area contributed by atoms with Crippen LogP contribution in [0.15, 0.2) is 73.1 Å². The van der Waals surface area contributed by atoms with Gasteiger partial charge in [0.1, 0.15) is 0 Å². The summed E-state index contributed by atoms with van der Waals surface area (Å²) in [5, 5.41) is 2.96. The van der Waals surface area contributed by atoms with Crippen LogP contribution >= 0.6 is 0 Å². The van der Waals surface area contributed by atoms with Gasteiger partial charge in [-0.15, -0.1) is 0 Å². The second-order valence-electron chi connectivity index (χ2n) is 6.73. The molecule has 2 heterocycles. The fourth-order valence-electron chi connectivity index (χ4n) is 3.41. The van der Waals surface area contributed by atoms with E-state index in [0.717, 1.165) is 36.6 Å². The Morgan fingerprint density at radius 2 is 1.67 bits per heavy atom. The van der Waals surface area contributed by atoms with E-state index in [0.29, 0.717) is 11.7 Å². The number of hydrogen-bond acceptors (Lipinski definition) is 3. The first-order chi connectivity index (χ1) is 13.2. The van der Waals surface area contributed by atoms with Gasteiger partial charge < -0.3 is 19.5 Å². The van der Waals surface area contributed by atoms with E-state index in [9.17, 15) is 4.79 Å². The van der Waals surface area contributed by atoms with Gasteiger partial charge in [0.15, 0.2) is 0 Å². The molecule has 0 bridgehead atoms. The fraction of sp³-hybridized carbons (Fsp3) is 0.227. The van der Waals surface area contributed by atoms with Gasteiger partial charge in [0, 0.05) is 55.2 Å². The summed E-state index contributed by atoms with van der Waals surface area (Å²) in [6.07, 6.45) is 5.31. The van der Waals surface area contributed by atoms with Crippen molar-refractivity contribution >= 4 is 17.3 Å². The first-order valence-electron chi connectivity index (χ1n) is 9.15. The molecule has 1 fully saturated rings. The Balaban J connectivity index is 1.39. The summed E-state index contributed by atoms with van der Waals surface area (Å²) in [4.78, 5) is 14.8. The molecule has 2 aromatic carbocycles. The summed E-state index contributed by atoms with van der Waals surface area (Å²) in [7, 11) is 1.76. The van der Waals surface area contributed by atoms with Crippen molar-refractivity contribution in [1.82, 2.24) is 4.57 Å². The Bertz CT molecular complexity index is 886. The molecular formula is C22H23N3O2. The zero-order valence-electron chi connectivity index (χ0n) is 15.3. The molecule has 0 spiro atoms. The fourth-order valence-corrected chi connectivity index (χ4v) is 3.41. The van der Waals surface area contributed by atoms with Crippen molar-refractivity contribution in [3.05, 3.63) is 78.6 Å². The van der Waals surface area contributed by atoms with E-state index in [4.69, 9.17) is 4.74 Å². The number of nitrogens with one attached hydrogen (secondary N) is 1. The lowest BCUT2D eigenvalue weighted by molar-refractivity contribution is 0.102. The summed E-state index contributed by atoms with van der Waals surface area (Å²) in [5.74, 6) is -0.109. The van der Waals surface area contributed by atoms with Crippen LogP contribution < -0.4 is 10.2 Å². The molecule has 1 N–H and O–H groups in total. The van der Waals surface area contributed by atoms with Gasteiger partial charge in [-0.1, -0.05) is 0 Å². The van der Waals surface area contributed by atoms with Crippen LogP contribution in [0.2, 0.25) is 0 Å². The summed E-state index contributed by atoms with van der Waals surface area (Å²) >= 11 is 0. The summed E-state index contributed by atoms with van der Waals surface area (Å²) in [6, 6.07) is 19.5. The molecule has 27 heavy (non-hydrogen) atoms. The molecular weight excluding hydrogens is 338 g/mol. The molecule has 1 atom stereocenters. The minimum Gasteiger partial charge on any atom is -0.380 e. The number of benzene rings is 2. The number of methoxy groups -OCH3 is 1. The molecule has 1 amide bonds. The maximum Gasteiger partial charge on any atom is 0.255 e. The van der Waals surface area contributed by atoms with Crippen molar-refractivity contribution in [1.29, 1.82) is 0 Å². The summed E-state index contributed by atoms with van der Waals surface area (Å²) in [6.45, 7) is 1.91. The summed E-state index contributed by atoms with van der Waals surface area (Å²) in [5.41, 5.74) is 3.61. The molecule has 5 nitrogen and oxygen atoms in total. The minimum atomic E-state index is -0.109. The van der Waals surface area contributed by atoms with E-state index in [2.05, 4.69) is 10.2 Å². The highest BCUT2D eigenvalue weighted by Gasteiger charge is 2.22. The lowest BCUT2D eigenvalue weighted by Crippen LogP contribution is -2.22. The van der Waals surface area contributed by atoms with Gasteiger partial charge in [-0.2, -0.15) is 0 Å². The normalized spacial score (nSPS) is 16.5. The van der Waals surface area contributed by atoms with Crippen LogP contribution in [0.4, 0.5) is 11.4 Å². The zero-order valence-corrected chi connectivity index (χ0v) is 15.3. The monoisotopic (exact) mass is 361 g/mol. The highest BCUT2D eigenvalue weighted by molar-refractivity contribution is 6.04. The topological polar surface area (TPSA) is 46.5 Å². The molecule has 0 saturated carbocycles. The van der Waals surface area contributed by atoms with Crippen molar-refractivity contribution in [2.24, 2.45) is 0 Å². The zero-order chi connectivity index (χ0) is 18.6. The van der Waals surface area contributed by atoms with E-state index in [-0.39, 0.29) is 5.91 Å². The molecule has 1 saturated heterocycles. The Kier molecular flexibility index (Phi) is 4.94. The van der Waals surface area contributed by atoms with Gasteiger partial charge in [-0.3, -0.25) is 4.79 Å². The van der Waals surface area contributed by atoms with Gasteiger partial charge >= 0.3 is 0 Å². The van der Waals surface area contributed by atoms with Gasteiger partial charge in [-0.25, -0.2) is 0 Å². The maximum atomic E-state index is 12.5. The smallest absolute Gasteiger partial charge is 0.255 e. The van der Waals surface area contributed by atoms with Crippen LogP contribution in [0.25, 0.3) is 5.69 Å². The lowest BCUT2D eigenvalue weighted by Gasteiger charge is -2.18. The van der Waals surface area contributed by atoms with Gasteiger partial charge in [-0.05, 0) is 67.1 Å². The Morgan fingerprint density at radius 1 is 1.00 bits per heavy atom. The van der Waals surface area contributed by atoms with E-state index in [1.165, 1.54) is 0 Å². The molecule has 138 valence electrons. The third-order valence-corrected chi connectivity index (χ3v) is 5.00. The van der Waals surface area contributed by atoms with Gasteiger partial charge in [0.25, 0.3) is 5.91 Å². The second kappa shape index (κ2) is 7.68. The van der Waals surface area contributed by atoms with Crippen LogP contribution in [0, 0.1) is 0 Å². The first kappa shape index (κ1) is 17.4. The molecule has 1 aliphatic heterocycles. The van der Waals surface area contributed by atoms with Gasteiger partial charge in [0.05, 0.1) is 6.10 Å². The van der Waals surface area contributed by atoms with Crippen molar-refractivity contribution in [3.63, 3.8) is 0 Å². The number of carbonyl (C=O) groups is 1. The maximum absolute atomic E-state index is 12.5. The van der Waals surface area contributed by atoms with Crippen molar-refractivity contribution in [3.8, 4) is 5.69 Å². The largest absolute Gasteiger partial charge is 0.380 e. The number of carbonyl (C=O) groups excluding carboxylic acids is 1. The third-order valence-electron chi connectivity index (χ3n) is 5.00. The molecule has 5 heteroatoms. The highest BCUT2D eigenvalue weighted by Crippen LogP contribution is 2.23. The molecule has 1 aliphatic rings. The van der Waals surface area contributed by atoms with Crippen LogP contribution in [0.1, 0.15) is 16.8 Å². The van der Waals surface area contributed by atoms with Gasteiger partial charge in [0.2, 0.25) is 0 Å². The Morgan fingerprint density at radius 3 is 2.30 bits per heavy atom. The number of hydrogen-bond donors (Lipinski definition) is 1. The highest BCUT2D eigenvalue weighted by atomic mass is 16.5. The standard InChI is InChI=1S/C22H23N3O2/c1-27-21-12-15-25(16-21)20-10-6-18(7-11-20)23-22(26)17-4-8-19(9-5-17)24-13-2-3-14-24/h2-11,13-14,21H,12,15-16H2,1H3,(H,23,26). The molecule has 1 unspecified atom stereocenters. The van der Waals surface area contributed by atoms with E-state index < -0.39 is 0 Å². The van der Waals surface area contributed by atoms with Crippen molar-refractivity contribution in [2.75, 3.05) is 30.4 Å². The molecule has 1 aromatic heterocycles. The Hall–Kier alpha value is -3.05. The van der Waals surface area contributed by atoms with E-state index in [1.807, 2.05) is 77.6 Å². The SMILES string of the molecule is COC1CCN(c2ccc(NC(=O)c3ccc(-n4cccc4)cc3)cc2)C1. The first-order valence-corrected chi connectivity index (χ1v) is 9.15.